The summed E-state index contributed by atoms with van der Waals surface area (Å²) in [4.78, 5) is 24.3. The molecule has 2 N–H and O–H groups in total. The fraction of sp³-hybridized carbons (Fsp3) is 0.778. The molecule has 0 saturated carbocycles. The molecule has 1 aliphatic heterocycles. The molecule has 0 unspecified atom stereocenters. The van der Waals surface area contributed by atoms with Gasteiger partial charge in [-0.1, -0.05) is 38.3 Å². The Bertz CT molecular complexity index is 414. The summed E-state index contributed by atoms with van der Waals surface area (Å²) in [6.45, 7) is 2.83. The molecule has 138 valence electrons. The Morgan fingerprint density at radius 2 is 2.17 bits per heavy atom. The van der Waals surface area contributed by atoms with Gasteiger partial charge in [0.1, 0.15) is 0 Å². The Morgan fingerprint density at radius 3 is 2.88 bits per heavy atom. The van der Waals surface area contributed by atoms with E-state index in [2.05, 4.69) is 6.92 Å². The van der Waals surface area contributed by atoms with E-state index in [4.69, 9.17) is 5.11 Å². The lowest BCUT2D eigenvalue weighted by atomic mass is 10.1. The SMILES string of the molecule is CCCCC[C@@H](O)/C=C/[C@H]1CCC(=O)N1CCSCCCC(=O)O. The number of amides is 1. The number of unbranched alkanes of at least 4 members (excludes halogenated alkanes) is 2. The van der Waals surface area contributed by atoms with Crippen molar-refractivity contribution >= 4 is 23.6 Å². The number of carboxylic acid groups (broad SMARTS) is 1. The van der Waals surface area contributed by atoms with Crippen molar-refractivity contribution in [3.05, 3.63) is 12.2 Å². The Hall–Kier alpha value is -1.01. The van der Waals surface area contributed by atoms with Crippen LogP contribution in [0, 0.1) is 0 Å². The Labute approximate surface area is 149 Å². The van der Waals surface area contributed by atoms with Crippen molar-refractivity contribution in [2.24, 2.45) is 0 Å². The Morgan fingerprint density at radius 1 is 1.38 bits per heavy atom. The lowest BCUT2D eigenvalue weighted by Gasteiger charge is -2.22. The molecule has 0 bridgehead atoms. The highest BCUT2D eigenvalue weighted by atomic mass is 32.2. The molecule has 1 saturated heterocycles. The van der Waals surface area contributed by atoms with Gasteiger partial charge >= 0.3 is 5.97 Å². The summed E-state index contributed by atoms with van der Waals surface area (Å²) < 4.78 is 0. The van der Waals surface area contributed by atoms with Crippen LogP contribution in [0.2, 0.25) is 0 Å². The number of aliphatic hydroxyl groups excluding tert-OH is 1. The number of aliphatic hydroxyl groups is 1. The normalized spacial score (nSPS) is 19.3. The van der Waals surface area contributed by atoms with Crippen LogP contribution in [0.3, 0.4) is 0 Å². The van der Waals surface area contributed by atoms with Gasteiger partial charge in [0, 0.05) is 25.1 Å². The van der Waals surface area contributed by atoms with Crippen molar-refractivity contribution in [2.45, 2.75) is 70.4 Å². The van der Waals surface area contributed by atoms with Gasteiger partial charge in [0.15, 0.2) is 0 Å². The molecule has 6 heteroatoms. The molecule has 5 nitrogen and oxygen atoms in total. The second-order valence-corrected chi connectivity index (χ2v) is 7.48. The highest BCUT2D eigenvalue weighted by Crippen LogP contribution is 2.21. The second-order valence-electron chi connectivity index (χ2n) is 6.25. The molecule has 24 heavy (non-hydrogen) atoms. The molecule has 0 spiro atoms. The third-order valence-electron chi connectivity index (χ3n) is 4.19. The van der Waals surface area contributed by atoms with Gasteiger partial charge < -0.3 is 15.1 Å². The molecule has 1 aliphatic rings. The zero-order valence-electron chi connectivity index (χ0n) is 14.7. The quantitative estimate of drug-likeness (QED) is 0.391. The van der Waals surface area contributed by atoms with Crippen LogP contribution in [0.5, 0.6) is 0 Å². The molecule has 1 amide bonds. The highest BCUT2D eigenvalue weighted by molar-refractivity contribution is 7.99. The first-order valence-electron chi connectivity index (χ1n) is 9.00. The maximum atomic E-state index is 12.0. The number of likely N-dealkylation sites (tertiary alicyclic amines) is 1. The molecule has 1 heterocycles. The molecule has 2 atom stereocenters. The third-order valence-corrected chi connectivity index (χ3v) is 5.24. The maximum Gasteiger partial charge on any atom is 0.303 e. The summed E-state index contributed by atoms with van der Waals surface area (Å²) in [6, 6.07) is 0.0953. The predicted octanol–water partition coefficient (Wildman–Crippen LogP) is 3.07. The zero-order chi connectivity index (χ0) is 17.8. The van der Waals surface area contributed by atoms with Crippen LogP contribution in [0.4, 0.5) is 0 Å². The standard InChI is InChI=1S/C18H31NO4S/c1-2-3-4-6-16(20)10-8-15-9-11-17(21)19(15)12-14-24-13-5-7-18(22)23/h8,10,15-16,20H,2-7,9,11-14H2,1H3,(H,22,23)/b10-8+/t15-,16+/m0/s1. The molecule has 0 aliphatic carbocycles. The number of hydrogen-bond donors (Lipinski definition) is 2. The van der Waals surface area contributed by atoms with Crippen LogP contribution in [-0.2, 0) is 9.59 Å². The molecular weight excluding hydrogens is 326 g/mol. The van der Waals surface area contributed by atoms with Gasteiger partial charge in [-0.25, -0.2) is 0 Å². The van der Waals surface area contributed by atoms with E-state index >= 15 is 0 Å². The van der Waals surface area contributed by atoms with Crippen LogP contribution >= 0.6 is 11.8 Å². The third kappa shape index (κ3) is 8.73. The van der Waals surface area contributed by atoms with E-state index in [1.807, 2.05) is 17.1 Å². The van der Waals surface area contributed by atoms with Gasteiger partial charge in [0.2, 0.25) is 5.91 Å². The summed E-state index contributed by atoms with van der Waals surface area (Å²) in [6.07, 6.45) is 9.77. The lowest BCUT2D eigenvalue weighted by Crippen LogP contribution is -2.34. The molecule has 0 aromatic rings. The summed E-state index contributed by atoms with van der Waals surface area (Å²) in [7, 11) is 0. The summed E-state index contributed by atoms with van der Waals surface area (Å²) in [5, 5.41) is 18.6. The highest BCUT2D eigenvalue weighted by Gasteiger charge is 2.28. The summed E-state index contributed by atoms with van der Waals surface area (Å²) >= 11 is 1.69. The molecule has 0 radical (unpaired) electrons. The van der Waals surface area contributed by atoms with Crippen LogP contribution in [0.15, 0.2) is 12.2 Å². The first-order valence-corrected chi connectivity index (χ1v) is 10.2. The topological polar surface area (TPSA) is 77.8 Å². The van der Waals surface area contributed by atoms with Crippen molar-refractivity contribution < 1.29 is 19.8 Å². The maximum absolute atomic E-state index is 12.0. The number of thioether (sulfide) groups is 1. The second kappa shape index (κ2) is 12.4. The minimum absolute atomic E-state index is 0.0953. The van der Waals surface area contributed by atoms with Gasteiger partial charge in [-0.2, -0.15) is 11.8 Å². The van der Waals surface area contributed by atoms with E-state index in [1.54, 1.807) is 11.8 Å². The first kappa shape index (κ1) is 21.0. The average molecular weight is 358 g/mol. The smallest absolute Gasteiger partial charge is 0.303 e. The first-order chi connectivity index (χ1) is 11.5. The monoisotopic (exact) mass is 357 g/mol. The predicted molar refractivity (Wildman–Crippen MR) is 98.2 cm³/mol. The lowest BCUT2D eigenvalue weighted by molar-refractivity contribution is -0.137. The number of nitrogens with zero attached hydrogens (tertiary/aromatic N) is 1. The molecule has 0 aromatic heterocycles. The fourth-order valence-electron chi connectivity index (χ4n) is 2.79. The van der Waals surface area contributed by atoms with Crippen molar-refractivity contribution in [1.82, 2.24) is 4.90 Å². The number of rotatable bonds is 13. The van der Waals surface area contributed by atoms with Crippen molar-refractivity contribution in [1.29, 1.82) is 0 Å². The Balaban J connectivity index is 2.28. The van der Waals surface area contributed by atoms with Crippen LogP contribution in [-0.4, -0.2) is 57.2 Å². The number of hydrogen-bond acceptors (Lipinski definition) is 4. The van der Waals surface area contributed by atoms with Crippen molar-refractivity contribution in [3.63, 3.8) is 0 Å². The van der Waals surface area contributed by atoms with Gasteiger partial charge in [-0.05, 0) is 25.0 Å². The van der Waals surface area contributed by atoms with Crippen molar-refractivity contribution in [3.8, 4) is 0 Å². The fourth-order valence-corrected chi connectivity index (χ4v) is 3.67. The van der Waals surface area contributed by atoms with E-state index < -0.39 is 12.1 Å². The summed E-state index contributed by atoms with van der Waals surface area (Å²) in [5.74, 6) is 1.06. The molecule has 1 rings (SSSR count). The van der Waals surface area contributed by atoms with E-state index in [1.165, 1.54) is 0 Å². The molecule has 1 fully saturated rings. The van der Waals surface area contributed by atoms with E-state index in [-0.39, 0.29) is 18.4 Å². The Kier molecular flexibility index (Phi) is 10.8. The van der Waals surface area contributed by atoms with E-state index in [0.717, 1.165) is 43.6 Å². The number of aliphatic carboxylic acids is 1. The zero-order valence-corrected chi connectivity index (χ0v) is 15.5. The van der Waals surface area contributed by atoms with Gasteiger partial charge in [-0.3, -0.25) is 9.59 Å². The minimum atomic E-state index is -0.756. The number of carboxylic acids is 1. The van der Waals surface area contributed by atoms with Crippen molar-refractivity contribution in [2.75, 3.05) is 18.1 Å². The van der Waals surface area contributed by atoms with Gasteiger partial charge in [-0.15, -0.1) is 0 Å². The number of carbonyl (C=O) groups is 2. The molecule has 0 aromatic carbocycles. The minimum Gasteiger partial charge on any atom is -0.481 e. The largest absolute Gasteiger partial charge is 0.481 e. The number of carbonyl (C=O) groups excluding carboxylic acids is 1. The van der Waals surface area contributed by atoms with Gasteiger partial charge in [0.25, 0.3) is 0 Å². The average Bonchev–Trinajstić information content (AvgIpc) is 2.89. The van der Waals surface area contributed by atoms with E-state index in [0.29, 0.717) is 19.4 Å². The van der Waals surface area contributed by atoms with Gasteiger partial charge in [0.05, 0.1) is 12.1 Å². The summed E-state index contributed by atoms with van der Waals surface area (Å²) in [5.41, 5.74) is 0. The van der Waals surface area contributed by atoms with E-state index in [9.17, 15) is 14.7 Å². The molecular formula is C18H31NO4S. The van der Waals surface area contributed by atoms with Crippen LogP contribution < -0.4 is 0 Å². The van der Waals surface area contributed by atoms with Crippen LogP contribution in [0.1, 0.15) is 58.3 Å². The van der Waals surface area contributed by atoms with Crippen LogP contribution in [0.25, 0.3) is 0 Å².